The molecule has 1 aliphatic rings. The van der Waals surface area contributed by atoms with Crippen LogP contribution in [0.4, 0.5) is 0 Å². The molecule has 0 saturated heterocycles. The van der Waals surface area contributed by atoms with E-state index in [1.54, 1.807) is 13.2 Å². The van der Waals surface area contributed by atoms with E-state index < -0.39 is 10.0 Å². The van der Waals surface area contributed by atoms with Crippen molar-refractivity contribution in [2.24, 2.45) is 0 Å². The molecule has 0 atom stereocenters. The van der Waals surface area contributed by atoms with Crippen LogP contribution in [-0.4, -0.2) is 44.1 Å². The predicted molar refractivity (Wildman–Crippen MR) is 83.6 cm³/mol. The highest BCUT2D eigenvalue weighted by molar-refractivity contribution is 9.10. The molecular weight excluding hydrogens is 358 g/mol. The summed E-state index contributed by atoms with van der Waals surface area (Å²) in [6.45, 7) is 2.35. The second-order valence-corrected chi connectivity index (χ2v) is 7.87. The Hall–Kier alpha value is -0.470. The number of sulfonamides is 1. The Labute approximate surface area is 134 Å². The van der Waals surface area contributed by atoms with Crippen molar-refractivity contribution < 1.29 is 18.3 Å². The zero-order chi connectivity index (χ0) is 15.6. The molecule has 0 aromatic heterocycles. The molecule has 0 unspecified atom stereocenters. The number of benzene rings is 1. The number of hydrogen-bond acceptors (Lipinski definition) is 4. The third-order valence-electron chi connectivity index (χ3n) is 3.52. The van der Waals surface area contributed by atoms with Gasteiger partial charge < -0.3 is 9.84 Å². The van der Waals surface area contributed by atoms with Crippen LogP contribution < -0.4 is 0 Å². The van der Waals surface area contributed by atoms with Crippen LogP contribution in [0.1, 0.15) is 24.0 Å². The topological polar surface area (TPSA) is 66.8 Å². The summed E-state index contributed by atoms with van der Waals surface area (Å²) in [5, 5.41) is 9.30. The van der Waals surface area contributed by atoms with Gasteiger partial charge in [0.2, 0.25) is 10.0 Å². The first kappa shape index (κ1) is 16.9. The molecule has 0 radical (unpaired) electrons. The van der Waals surface area contributed by atoms with Gasteiger partial charge in [-0.15, -0.1) is 0 Å². The van der Waals surface area contributed by atoms with Crippen LogP contribution in [0.15, 0.2) is 21.5 Å². The van der Waals surface area contributed by atoms with E-state index in [2.05, 4.69) is 15.9 Å². The largest absolute Gasteiger partial charge is 0.392 e. The number of aliphatic hydroxyl groups excluding tert-OH is 1. The summed E-state index contributed by atoms with van der Waals surface area (Å²) in [6.07, 6.45) is 1.78. The Balaban J connectivity index is 2.44. The van der Waals surface area contributed by atoms with Gasteiger partial charge in [-0.05, 0) is 52.9 Å². The van der Waals surface area contributed by atoms with Crippen LogP contribution in [-0.2, 0) is 21.4 Å². The zero-order valence-electron chi connectivity index (χ0n) is 12.2. The number of nitrogens with zero attached hydrogens (tertiary/aromatic N) is 1. The molecule has 1 aromatic carbocycles. The van der Waals surface area contributed by atoms with E-state index in [0.717, 1.165) is 18.4 Å². The van der Waals surface area contributed by atoms with E-state index in [0.29, 0.717) is 23.2 Å². The maximum atomic E-state index is 12.9. The van der Waals surface area contributed by atoms with Crippen LogP contribution in [0.25, 0.3) is 0 Å². The lowest BCUT2D eigenvalue weighted by Gasteiger charge is -2.23. The molecule has 0 amide bonds. The Kier molecular flexibility index (Phi) is 5.43. The highest BCUT2D eigenvalue weighted by Crippen LogP contribution is 2.35. The minimum absolute atomic E-state index is 0.0649. The first-order valence-corrected chi connectivity index (χ1v) is 9.05. The Morgan fingerprint density at radius 3 is 2.62 bits per heavy atom. The van der Waals surface area contributed by atoms with E-state index in [9.17, 15) is 13.5 Å². The smallest absolute Gasteiger partial charge is 0.244 e. The molecule has 7 heteroatoms. The average molecular weight is 378 g/mol. The highest BCUT2D eigenvalue weighted by atomic mass is 79.9. The third kappa shape index (κ3) is 3.65. The molecule has 1 fully saturated rings. The summed E-state index contributed by atoms with van der Waals surface area (Å²) in [4.78, 5) is 0.217. The molecule has 1 saturated carbocycles. The number of methoxy groups -OCH3 is 1. The average Bonchev–Trinajstić information content (AvgIpc) is 3.26. The van der Waals surface area contributed by atoms with Gasteiger partial charge in [-0.3, -0.25) is 0 Å². The van der Waals surface area contributed by atoms with Crippen LogP contribution in [0.2, 0.25) is 0 Å². The summed E-state index contributed by atoms with van der Waals surface area (Å²) in [5.74, 6) is 0. The Morgan fingerprint density at radius 2 is 2.10 bits per heavy atom. The lowest BCUT2D eigenvalue weighted by molar-refractivity contribution is 0.177. The van der Waals surface area contributed by atoms with Gasteiger partial charge >= 0.3 is 0 Å². The molecule has 1 aromatic rings. The lowest BCUT2D eigenvalue weighted by atomic mass is 10.1. The van der Waals surface area contributed by atoms with E-state index in [-0.39, 0.29) is 17.5 Å². The van der Waals surface area contributed by atoms with Gasteiger partial charge in [0.05, 0.1) is 18.1 Å². The van der Waals surface area contributed by atoms with E-state index in [1.165, 1.54) is 10.4 Å². The summed E-state index contributed by atoms with van der Waals surface area (Å²) < 4.78 is 32.9. The van der Waals surface area contributed by atoms with Crippen molar-refractivity contribution in [3.63, 3.8) is 0 Å². The van der Waals surface area contributed by atoms with E-state index >= 15 is 0 Å². The summed E-state index contributed by atoms with van der Waals surface area (Å²) in [5.41, 5.74) is 1.39. The molecular formula is C14H20BrNO4S. The van der Waals surface area contributed by atoms with Crippen molar-refractivity contribution in [3.05, 3.63) is 27.7 Å². The number of hydrogen-bond donors (Lipinski definition) is 1. The molecule has 0 bridgehead atoms. The minimum atomic E-state index is -3.60. The van der Waals surface area contributed by atoms with Crippen LogP contribution in [0, 0.1) is 6.92 Å². The Morgan fingerprint density at radius 1 is 1.43 bits per heavy atom. The van der Waals surface area contributed by atoms with Gasteiger partial charge in [-0.2, -0.15) is 4.31 Å². The predicted octanol–water partition coefficient (Wildman–Crippen LogP) is 2.05. The van der Waals surface area contributed by atoms with Gasteiger partial charge in [-0.25, -0.2) is 8.42 Å². The van der Waals surface area contributed by atoms with Crippen molar-refractivity contribution in [1.82, 2.24) is 4.31 Å². The molecule has 0 aliphatic heterocycles. The first-order valence-electron chi connectivity index (χ1n) is 6.82. The SMILES string of the molecule is COCCN(C1CC1)S(=O)(=O)c1cc(CO)cc(C)c1Br. The van der Waals surface area contributed by atoms with Gasteiger partial charge in [-0.1, -0.05) is 6.07 Å². The third-order valence-corrected chi connectivity index (χ3v) is 6.81. The molecule has 21 heavy (non-hydrogen) atoms. The summed E-state index contributed by atoms with van der Waals surface area (Å²) in [7, 11) is -2.04. The molecule has 1 N–H and O–H groups in total. The monoisotopic (exact) mass is 377 g/mol. The summed E-state index contributed by atoms with van der Waals surface area (Å²) in [6, 6.07) is 3.38. The summed E-state index contributed by atoms with van der Waals surface area (Å²) >= 11 is 3.37. The number of halogens is 1. The second kappa shape index (κ2) is 6.75. The zero-order valence-corrected chi connectivity index (χ0v) is 14.6. The molecule has 0 heterocycles. The maximum absolute atomic E-state index is 12.9. The molecule has 2 rings (SSSR count). The van der Waals surface area contributed by atoms with Gasteiger partial charge in [0.15, 0.2) is 0 Å². The number of rotatable bonds is 7. The van der Waals surface area contributed by atoms with Gasteiger partial charge in [0.1, 0.15) is 0 Å². The minimum Gasteiger partial charge on any atom is -0.392 e. The maximum Gasteiger partial charge on any atom is 0.244 e. The second-order valence-electron chi connectivity index (χ2n) is 5.22. The molecule has 118 valence electrons. The first-order chi connectivity index (χ1) is 9.91. The number of ether oxygens (including phenoxy) is 1. The molecule has 0 spiro atoms. The van der Waals surface area contributed by atoms with Crippen LogP contribution in [0.5, 0.6) is 0 Å². The lowest BCUT2D eigenvalue weighted by Crippen LogP contribution is -2.36. The van der Waals surface area contributed by atoms with Gasteiger partial charge in [0, 0.05) is 24.2 Å². The number of aryl methyl sites for hydroxylation is 1. The van der Waals surface area contributed by atoms with Crippen molar-refractivity contribution in [1.29, 1.82) is 0 Å². The van der Waals surface area contributed by atoms with Crippen molar-refractivity contribution in [2.75, 3.05) is 20.3 Å². The van der Waals surface area contributed by atoms with Crippen LogP contribution in [0.3, 0.4) is 0 Å². The van der Waals surface area contributed by atoms with Crippen LogP contribution >= 0.6 is 15.9 Å². The van der Waals surface area contributed by atoms with E-state index in [4.69, 9.17) is 4.74 Å². The highest BCUT2D eigenvalue weighted by Gasteiger charge is 2.38. The molecule has 1 aliphatic carbocycles. The Bertz CT molecular complexity index is 614. The van der Waals surface area contributed by atoms with Crippen molar-refractivity contribution in [2.45, 2.75) is 37.3 Å². The fraction of sp³-hybridized carbons (Fsp3) is 0.571. The fourth-order valence-electron chi connectivity index (χ4n) is 2.26. The van der Waals surface area contributed by atoms with Crippen molar-refractivity contribution in [3.8, 4) is 0 Å². The molecule has 5 nitrogen and oxygen atoms in total. The quantitative estimate of drug-likeness (QED) is 0.789. The standard InChI is InChI=1S/C14H20BrNO4S/c1-10-7-11(9-17)8-13(14(10)15)21(18,19)16(5-6-20-2)12-3-4-12/h7-8,12,17H,3-6,9H2,1-2H3. The fourth-order valence-corrected chi connectivity index (χ4v) is 4.96. The van der Waals surface area contributed by atoms with Gasteiger partial charge in [0.25, 0.3) is 0 Å². The van der Waals surface area contributed by atoms with Crippen molar-refractivity contribution >= 4 is 26.0 Å². The van der Waals surface area contributed by atoms with E-state index in [1.807, 2.05) is 6.92 Å². The normalized spacial score (nSPS) is 15.7. The number of aliphatic hydroxyl groups is 1.